The summed E-state index contributed by atoms with van der Waals surface area (Å²) in [5.41, 5.74) is 0.999. The number of phenolic OH excluding ortho intramolecular Hbond substituents is 1. The van der Waals surface area contributed by atoms with E-state index in [0.717, 1.165) is 10.7 Å². The first kappa shape index (κ1) is 23.7. The molecule has 0 saturated carbocycles. The van der Waals surface area contributed by atoms with E-state index < -0.39 is 15.9 Å². The molecule has 0 spiro atoms. The molecule has 32 heavy (non-hydrogen) atoms. The average molecular weight is 476 g/mol. The van der Waals surface area contributed by atoms with E-state index in [2.05, 4.69) is 10.3 Å². The number of carbonyl (C=O) groups excluding carboxylic acids is 1. The number of para-hydroxylation sites is 1. The predicted octanol–water partition coefficient (Wildman–Crippen LogP) is 4.02. The van der Waals surface area contributed by atoms with Crippen molar-refractivity contribution in [2.75, 3.05) is 18.4 Å². The van der Waals surface area contributed by atoms with Crippen LogP contribution in [0.15, 0.2) is 52.7 Å². The summed E-state index contributed by atoms with van der Waals surface area (Å²) in [6.45, 7) is 6.21. The van der Waals surface area contributed by atoms with Crippen LogP contribution in [0.25, 0.3) is 0 Å². The number of hydrogen-bond acceptors (Lipinski definition) is 7. The molecular formula is C22H25N3O5S2. The highest BCUT2D eigenvalue weighted by atomic mass is 32.2. The van der Waals surface area contributed by atoms with E-state index in [-0.39, 0.29) is 28.5 Å². The van der Waals surface area contributed by atoms with Gasteiger partial charge < -0.3 is 15.2 Å². The number of anilines is 1. The lowest BCUT2D eigenvalue weighted by Gasteiger charge is -2.19. The van der Waals surface area contributed by atoms with Crippen LogP contribution in [0.2, 0.25) is 0 Å². The summed E-state index contributed by atoms with van der Waals surface area (Å²) in [4.78, 5) is 17.3. The quantitative estimate of drug-likeness (QED) is 0.453. The molecule has 0 saturated heterocycles. The number of benzene rings is 2. The number of sulfonamides is 1. The summed E-state index contributed by atoms with van der Waals surface area (Å²) >= 11 is 1.51. The number of aryl methyl sites for hydroxylation is 1. The van der Waals surface area contributed by atoms with Crippen LogP contribution in [0.4, 0.5) is 5.69 Å². The van der Waals surface area contributed by atoms with Crippen molar-refractivity contribution in [3.05, 3.63) is 64.1 Å². The first-order chi connectivity index (χ1) is 15.3. The largest absolute Gasteiger partial charge is 0.506 e. The van der Waals surface area contributed by atoms with Crippen molar-refractivity contribution in [2.45, 2.75) is 32.3 Å². The maximum Gasteiger partial charge on any atom is 0.259 e. The number of aromatic nitrogens is 1. The highest BCUT2D eigenvalue weighted by Gasteiger charge is 2.23. The molecule has 0 atom stereocenters. The maximum atomic E-state index is 12.9. The zero-order valence-corrected chi connectivity index (χ0v) is 19.7. The van der Waals surface area contributed by atoms with Gasteiger partial charge in [0.05, 0.1) is 26.8 Å². The van der Waals surface area contributed by atoms with E-state index in [1.807, 2.05) is 12.3 Å². The van der Waals surface area contributed by atoms with Crippen LogP contribution >= 0.6 is 11.3 Å². The summed E-state index contributed by atoms with van der Waals surface area (Å²) in [6, 6.07) is 10.5. The van der Waals surface area contributed by atoms with Crippen LogP contribution in [0, 0.1) is 6.92 Å². The lowest BCUT2D eigenvalue weighted by molar-refractivity contribution is 0.102. The van der Waals surface area contributed by atoms with Gasteiger partial charge in [-0.25, -0.2) is 13.4 Å². The lowest BCUT2D eigenvalue weighted by atomic mass is 10.1. The van der Waals surface area contributed by atoms with Gasteiger partial charge in [-0.15, -0.1) is 11.3 Å². The van der Waals surface area contributed by atoms with Crippen molar-refractivity contribution in [1.82, 2.24) is 9.29 Å². The minimum atomic E-state index is -3.75. The highest BCUT2D eigenvalue weighted by molar-refractivity contribution is 7.89. The van der Waals surface area contributed by atoms with Crippen LogP contribution < -0.4 is 10.1 Å². The van der Waals surface area contributed by atoms with Gasteiger partial charge in [-0.1, -0.05) is 26.0 Å². The highest BCUT2D eigenvalue weighted by Crippen LogP contribution is 2.29. The van der Waals surface area contributed by atoms with E-state index >= 15 is 0 Å². The van der Waals surface area contributed by atoms with E-state index in [1.54, 1.807) is 38.1 Å². The number of phenols is 1. The molecule has 8 nitrogen and oxygen atoms in total. The third-order valence-electron chi connectivity index (χ3n) is 4.73. The van der Waals surface area contributed by atoms with E-state index in [1.165, 1.54) is 33.8 Å². The predicted molar refractivity (Wildman–Crippen MR) is 124 cm³/mol. The summed E-state index contributed by atoms with van der Waals surface area (Å²) in [5.74, 6) is -0.432. The first-order valence-electron chi connectivity index (χ1n) is 10.0. The molecule has 3 rings (SSSR count). The number of aromatic hydroxyl groups is 1. The van der Waals surface area contributed by atoms with E-state index in [0.29, 0.717) is 18.8 Å². The second-order valence-corrected chi connectivity index (χ2v) is 9.87. The van der Waals surface area contributed by atoms with Crippen molar-refractivity contribution in [1.29, 1.82) is 0 Å². The average Bonchev–Trinajstić information content (AvgIpc) is 3.19. The van der Waals surface area contributed by atoms with Gasteiger partial charge in [0, 0.05) is 18.5 Å². The van der Waals surface area contributed by atoms with Crippen LogP contribution in [0.3, 0.4) is 0 Å². The summed E-state index contributed by atoms with van der Waals surface area (Å²) in [5, 5.41) is 15.6. The van der Waals surface area contributed by atoms with Crippen molar-refractivity contribution in [2.24, 2.45) is 0 Å². The van der Waals surface area contributed by atoms with Gasteiger partial charge >= 0.3 is 0 Å². The Morgan fingerprint density at radius 3 is 2.56 bits per heavy atom. The maximum absolute atomic E-state index is 12.9. The molecule has 0 unspecified atom stereocenters. The summed E-state index contributed by atoms with van der Waals surface area (Å²) in [6.07, 6.45) is 0. The number of carbonyl (C=O) groups is 1. The molecule has 2 N–H and O–H groups in total. The third-order valence-corrected chi connectivity index (χ3v) is 7.60. The Kier molecular flexibility index (Phi) is 7.49. The fourth-order valence-electron chi connectivity index (χ4n) is 3.08. The minimum Gasteiger partial charge on any atom is -0.506 e. The molecule has 10 heteroatoms. The second-order valence-electron chi connectivity index (χ2n) is 6.87. The van der Waals surface area contributed by atoms with Crippen LogP contribution in [-0.4, -0.2) is 41.8 Å². The Morgan fingerprint density at radius 2 is 1.91 bits per heavy atom. The Bertz CT molecular complexity index is 1200. The van der Waals surface area contributed by atoms with E-state index in [4.69, 9.17) is 4.74 Å². The van der Waals surface area contributed by atoms with Crippen LogP contribution in [-0.2, 0) is 16.6 Å². The molecule has 1 aromatic heterocycles. The Balaban J connectivity index is 1.83. The second kappa shape index (κ2) is 10.1. The topological polar surface area (TPSA) is 109 Å². The summed E-state index contributed by atoms with van der Waals surface area (Å²) in [7, 11) is -3.75. The SMILES string of the molecule is CCN(CC)S(=O)(=O)c1ccc(O)c(NC(=O)c2ccccc2OCc2csc(C)n2)c1. The molecule has 3 aromatic rings. The molecule has 0 aliphatic carbocycles. The number of thiazole rings is 1. The van der Waals surface area contributed by atoms with Gasteiger partial charge in [0.1, 0.15) is 18.1 Å². The Morgan fingerprint density at radius 1 is 1.19 bits per heavy atom. The Labute approximate surface area is 191 Å². The number of nitrogens with zero attached hydrogens (tertiary/aromatic N) is 2. The van der Waals surface area contributed by atoms with Gasteiger partial charge in [0.15, 0.2) is 0 Å². The lowest BCUT2D eigenvalue weighted by Crippen LogP contribution is -2.30. The number of nitrogens with one attached hydrogen (secondary N) is 1. The third kappa shape index (κ3) is 5.26. The molecule has 0 fully saturated rings. The fraction of sp³-hybridized carbons (Fsp3) is 0.273. The van der Waals surface area contributed by atoms with Gasteiger partial charge in [-0.2, -0.15) is 4.31 Å². The van der Waals surface area contributed by atoms with Gasteiger partial charge in [-0.3, -0.25) is 4.79 Å². The minimum absolute atomic E-state index is 0.00633. The van der Waals surface area contributed by atoms with Crippen molar-refractivity contribution >= 4 is 33.0 Å². The fourth-order valence-corrected chi connectivity index (χ4v) is 5.17. The zero-order valence-electron chi connectivity index (χ0n) is 18.0. The molecular weight excluding hydrogens is 450 g/mol. The normalized spacial score (nSPS) is 11.5. The number of ether oxygens (including phenoxy) is 1. The van der Waals surface area contributed by atoms with Crippen LogP contribution in [0.1, 0.15) is 34.9 Å². The number of rotatable bonds is 9. The monoisotopic (exact) mass is 475 g/mol. The van der Waals surface area contributed by atoms with Gasteiger partial charge in [0.25, 0.3) is 5.91 Å². The molecule has 0 aliphatic heterocycles. The molecule has 0 bridgehead atoms. The van der Waals surface area contributed by atoms with Gasteiger partial charge in [0.2, 0.25) is 10.0 Å². The zero-order chi connectivity index (χ0) is 23.3. The molecule has 170 valence electrons. The molecule has 1 heterocycles. The first-order valence-corrected chi connectivity index (χ1v) is 12.4. The molecule has 1 amide bonds. The van der Waals surface area contributed by atoms with Crippen molar-refractivity contribution in [3.8, 4) is 11.5 Å². The number of hydrogen-bond donors (Lipinski definition) is 2. The summed E-state index contributed by atoms with van der Waals surface area (Å²) < 4.78 is 32.7. The van der Waals surface area contributed by atoms with Crippen LogP contribution in [0.5, 0.6) is 11.5 Å². The Hall–Kier alpha value is -2.95. The molecule has 0 aliphatic rings. The standard InChI is InChI=1S/C22H25N3O5S2/c1-4-25(5-2)32(28,29)17-10-11-20(26)19(12-17)24-22(27)18-8-6-7-9-21(18)30-13-16-14-31-15(3)23-16/h6-12,14,26H,4-5,13H2,1-3H3,(H,24,27). The van der Waals surface area contributed by atoms with Crippen molar-refractivity contribution in [3.63, 3.8) is 0 Å². The van der Waals surface area contributed by atoms with Crippen molar-refractivity contribution < 1.29 is 23.1 Å². The number of amides is 1. The smallest absolute Gasteiger partial charge is 0.259 e. The molecule has 0 radical (unpaired) electrons. The van der Waals surface area contributed by atoms with Gasteiger partial charge in [-0.05, 0) is 37.3 Å². The molecule has 2 aromatic carbocycles. The van der Waals surface area contributed by atoms with E-state index in [9.17, 15) is 18.3 Å².